The summed E-state index contributed by atoms with van der Waals surface area (Å²) in [6, 6.07) is 5.93. The van der Waals surface area contributed by atoms with Crippen LogP contribution in [0.3, 0.4) is 0 Å². The number of hydrogen-bond donors (Lipinski definition) is 2. The SMILES string of the molecule is CC(C)(O)CNc1ccc(F)c(C#N)c1. The fourth-order valence-corrected chi connectivity index (χ4v) is 1.04. The van der Waals surface area contributed by atoms with Gasteiger partial charge >= 0.3 is 0 Å². The van der Waals surface area contributed by atoms with Crippen molar-refractivity contribution < 1.29 is 9.50 Å². The van der Waals surface area contributed by atoms with Crippen molar-refractivity contribution >= 4 is 5.69 Å². The fraction of sp³-hybridized carbons (Fsp3) is 0.364. The Hall–Kier alpha value is -1.60. The predicted octanol–water partition coefficient (Wildman–Crippen LogP) is 1.88. The number of hydrogen-bond acceptors (Lipinski definition) is 3. The van der Waals surface area contributed by atoms with Gasteiger partial charge in [-0.05, 0) is 32.0 Å². The molecule has 3 nitrogen and oxygen atoms in total. The van der Waals surface area contributed by atoms with Gasteiger partial charge in [0.05, 0.1) is 11.2 Å². The van der Waals surface area contributed by atoms with E-state index in [0.717, 1.165) is 0 Å². The van der Waals surface area contributed by atoms with E-state index in [0.29, 0.717) is 12.2 Å². The van der Waals surface area contributed by atoms with Gasteiger partial charge in [-0.2, -0.15) is 5.26 Å². The van der Waals surface area contributed by atoms with Gasteiger partial charge in [0.15, 0.2) is 0 Å². The maximum atomic E-state index is 12.9. The van der Waals surface area contributed by atoms with Crippen LogP contribution in [-0.4, -0.2) is 17.3 Å². The van der Waals surface area contributed by atoms with E-state index in [2.05, 4.69) is 5.32 Å². The minimum Gasteiger partial charge on any atom is -0.389 e. The monoisotopic (exact) mass is 208 g/mol. The maximum Gasteiger partial charge on any atom is 0.141 e. The molecule has 0 radical (unpaired) electrons. The average Bonchev–Trinajstić information content (AvgIpc) is 2.15. The summed E-state index contributed by atoms with van der Waals surface area (Å²) in [5, 5.41) is 21.0. The Labute approximate surface area is 88.2 Å². The van der Waals surface area contributed by atoms with Crippen LogP contribution in [0.15, 0.2) is 18.2 Å². The van der Waals surface area contributed by atoms with E-state index >= 15 is 0 Å². The van der Waals surface area contributed by atoms with Gasteiger partial charge in [0.1, 0.15) is 11.9 Å². The number of nitriles is 1. The highest BCUT2D eigenvalue weighted by atomic mass is 19.1. The van der Waals surface area contributed by atoms with E-state index in [1.807, 2.05) is 0 Å². The zero-order chi connectivity index (χ0) is 11.5. The van der Waals surface area contributed by atoms with E-state index in [1.54, 1.807) is 19.9 Å². The average molecular weight is 208 g/mol. The number of benzene rings is 1. The molecule has 0 saturated heterocycles. The summed E-state index contributed by atoms with van der Waals surface area (Å²) in [5.41, 5.74) is -0.230. The van der Waals surface area contributed by atoms with Gasteiger partial charge in [0, 0.05) is 12.2 Å². The van der Waals surface area contributed by atoms with Crippen molar-refractivity contribution in [2.45, 2.75) is 19.4 Å². The molecule has 1 aromatic carbocycles. The predicted molar refractivity (Wildman–Crippen MR) is 55.9 cm³/mol. The van der Waals surface area contributed by atoms with Gasteiger partial charge in [0.25, 0.3) is 0 Å². The zero-order valence-corrected chi connectivity index (χ0v) is 8.71. The number of nitrogens with one attached hydrogen (secondary N) is 1. The molecule has 0 spiro atoms. The van der Waals surface area contributed by atoms with Crippen LogP contribution in [0.5, 0.6) is 0 Å². The Morgan fingerprint density at radius 3 is 2.73 bits per heavy atom. The largest absolute Gasteiger partial charge is 0.389 e. The molecule has 0 aliphatic carbocycles. The highest BCUT2D eigenvalue weighted by Crippen LogP contribution is 2.14. The lowest BCUT2D eigenvalue weighted by atomic mass is 10.1. The Balaban J connectivity index is 2.76. The molecule has 15 heavy (non-hydrogen) atoms. The Morgan fingerprint density at radius 1 is 1.53 bits per heavy atom. The molecular weight excluding hydrogens is 195 g/mol. The van der Waals surface area contributed by atoms with Crippen molar-refractivity contribution in [1.29, 1.82) is 5.26 Å². The molecule has 0 bridgehead atoms. The quantitative estimate of drug-likeness (QED) is 0.797. The van der Waals surface area contributed by atoms with Gasteiger partial charge in [-0.25, -0.2) is 4.39 Å². The highest BCUT2D eigenvalue weighted by molar-refractivity contribution is 5.49. The first-order chi connectivity index (χ1) is 6.92. The van der Waals surface area contributed by atoms with Crippen molar-refractivity contribution in [3.05, 3.63) is 29.6 Å². The second-order valence-electron chi connectivity index (χ2n) is 3.97. The van der Waals surface area contributed by atoms with E-state index in [-0.39, 0.29) is 5.56 Å². The molecule has 1 rings (SSSR count). The van der Waals surface area contributed by atoms with Crippen LogP contribution in [-0.2, 0) is 0 Å². The lowest BCUT2D eigenvalue weighted by molar-refractivity contribution is 0.0945. The first-order valence-electron chi connectivity index (χ1n) is 4.58. The zero-order valence-electron chi connectivity index (χ0n) is 8.71. The molecule has 2 N–H and O–H groups in total. The van der Waals surface area contributed by atoms with Crippen molar-refractivity contribution in [2.24, 2.45) is 0 Å². The number of aliphatic hydroxyl groups is 1. The molecule has 0 aliphatic rings. The summed E-state index contributed by atoms with van der Waals surface area (Å²) in [4.78, 5) is 0. The van der Waals surface area contributed by atoms with Crippen molar-refractivity contribution in [1.82, 2.24) is 0 Å². The maximum absolute atomic E-state index is 12.9. The normalized spacial score (nSPS) is 10.9. The smallest absolute Gasteiger partial charge is 0.141 e. The van der Waals surface area contributed by atoms with Crippen LogP contribution in [0, 0.1) is 17.1 Å². The third-order valence-electron chi connectivity index (χ3n) is 1.81. The van der Waals surface area contributed by atoms with Gasteiger partial charge in [-0.3, -0.25) is 0 Å². The standard InChI is InChI=1S/C11H13FN2O/c1-11(2,15)7-14-9-3-4-10(12)8(5-9)6-13/h3-5,14-15H,7H2,1-2H3. The van der Waals surface area contributed by atoms with E-state index in [4.69, 9.17) is 5.26 Å². The molecule has 80 valence electrons. The van der Waals surface area contributed by atoms with Crippen LogP contribution < -0.4 is 5.32 Å². The van der Waals surface area contributed by atoms with Crippen LogP contribution in [0.2, 0.25) is 0 Å². The highest BCUT2D eigenvalue weighted by Gasteiger charge is 2.12. The van der Waals surface area contributed by atoms with E-state index in [9.17, 15) is 9.50 Å². The summed E-state index contributed by atoms with van der Waals surface area (Å²) < 4.78 is 12.9. The first-order valence-corrected chi connectivity index (χ1v) is 4.58. The van der Waals surface area contributed by atoms with Crippen molar-refractivity contribution in [3.63, 3.8) is 0 Å². The molecule has 1 aromatic rings. The number of rotatable bonds is 3. The summed E-state index contributed by atoms with van der Waals surface area (Å²) in [6.45, 7) is 3.66. The second-order valence-corrected chi connectivity index (χ2v) is 3.97. The van der Waals surface area contributed by atoms with E-state index < -0.39 is 11.4 Å². The minimum atomic E-state index is -0.846. The van der Waals surface area contributed by atoms with Gasteiger partial charge in [-0.1, -0.05) is 0 Å². The summed E-state index contributed by atoms with van der Waals surface area (Å²) in [7, 11) is 0. The van der Waals surface area contributed by atoms with Gasteiger partial charge in [-0.15, -0.1) is 0 Å². The minimum absolute atomic E-state index is 0.00394. The molecule has 0 saturated carbocycles. The molecule has 0 amide bonds. The summed E-state index contributed by atoms with van der Waals surface area (Å²) in [5.74, 6) is -0.536. The molecule has 0 atom stereocenters. The molecular formula is C11H13FN2O. The lowest BCUT2D eigenvalue weighted by Gasteiger charge is -2.18. The number of nitrogens with zero attached hydrogens (tertiary/aromatic N) is 1. The Morgan fingerprint density at radius 2 is 2.20 bits per heavy atom. The number of halogens is 1. The van der Waals surface area contributed by atoms with Gasteiger partial charge < -0.3 is 10.4 Å². The summed E-state index contributed by atoms with van der Waals surface area (Å²) in [6.07, 6.45) is 0. The van der Waals surface area contributed by atoms with Gasteiger partial charge in [0.2, 0.25) is 0 Å². The van der Waals surface area contributed by atoms with Crippen LogP contribution >= 0.6 is 0 Å². The second kappa shape index (κ2) is 4.28. The Bertz CT molecular complexity index is 391. The topological polar surface area (TPSA) is 56.0 Å². The van der Waals surface area contributed by atoms with Crippen LogP contribution in [0.4, 0.5) is 10.1 Å². The molecule has 0 fully saturated rings. The third kappa shape index (κ3) is 3.56. The van der Waals surface area contributed by atoms with Crippen molar-refractivity contribution in [3.8, 4) is 6.07 Å². The van der Waals surface area contributed by atoms with Crippen LogP contribution in [0.25, 0.3) is 0 Å². The first kappa shape index (κ1) is 11.5. The molecule has 0 heterocycles. The molecule has 0 unspecified atom stereocenters. The van der Waals surface area contributed by atoms with Crippen molar-refractivity contribution in [2.75, 3.05) is 11.9 Å². The summed E-state index contributed by atoms with van der Waals surface area (Å²) >= 11 is 0. The number of anilines is 1. The molecule has 0 aliphatic heterocycles. The van der Waals surface area contributed by atoms with Crippen LogP contribution in [0.1, 0.15) is 19.4 Å². The third-order valence-corrected chi connectivity index (χ3v) is 1.81. The molecule has 4 heteroatoms. The molecule has 0 aromatic heterocycles. The Kier molecular flexibility index (Phi) is 3.28. The lowest BCUT2D eigenvalue weighted by Crippen LogP contribution is -2.29. The fourth-order valence-electron chi connectivity index (χ4n) is 1.04. The van der Waals surface area contributed by atoms with E-state index in [1.165, 1.54) is 18.2 Å².